The van der Waals surface area contributed by atoms with Gasteiger partial charge in [-0.25, -0.2) is 14.6 Å². The molecule has 0 unspecified atom stereocenters. The molecule has 0 amide bonds. The van der Waals surface area contributed by atoms with Crippen LogP contribution in [0.2, 0.25) is 0 Å². The number of rotatable bonds is 1. The molecule has 0 bridgehead atoms. The molecule has 0 atom stereocenters. The quantitative estimate of drug-likeness (QED) is 0.547. The van der Waals surface area contributed by atoms with E-state index < -0.39 is 11.9 Å². The van der Waals surface area contributed by atoms with Gasteiger partial charge in [-0.15, -0.1) is 0 Å². The lowest BCUT2D eigenvalue weighted by Crippen LogP contribution is -2.24. The number of carbonyl (C=O) groups is 2. The summed E-state index contributed by atoms with van der Waals surface area (Å²) < 4.78 is 9.36. The van der Waals surface area contributed by atoms with Crippen molar-refractivity contribution in [2.45, 2.75) is 0 Å². The predicted octanol–water partition coefficient (Wildman–Crippen LogP) is 0.469. The number of ether oxygens (including phenoxy) is 2. The predicted molar refractivity (Wildman–Crippen MR) is 53.6 cm³/mol. The Balaban J connectivity index is 2.31. The van der Waals surface area contributed by atoms with E-state index >= 15 is 0 Å². The molecule has 1 aliphatic heterocycles. The second-order valence-electron chi connectivity index (χ2n) is 2.95. The Hall–Kier alpha value is -2.37. The van der Waals surface area contributed by atoms with Gasteiger partial charge in [0, 0.05) is 6.20 Å². The molecule has 16 heavy (non-hydrogen) atoms. The van der Waals surface area contributed by atoms with E-state index in [9.17, 15) is 9.59 Å². The van der Waals surface area contributed by atoms with Crippen LogP contribution in [-0.4, -0.2) is 24.0 Å². The molecule has 0 spiro atoms. The fourth-order valence-electron chi connectivity index (χ4n) is 1.17. The van der Waals surface area contributed by atoms with Crippen molar-refractivity contribution in [3.05, 3.63) is 30.1 Å². The summed E-state index contributed by atoms with van der Waals surface area (Å²) in [6.07, 6.45) is 2.56. The van der Waals surface area contributed by atoms with Crippen molar-refractivity contribution in [2.75, 3.05) is 12.4 Å². The van der Waals surface area contributed by atoms with Gasteiger partial charge in [-0.3, -0.25) is 0 Å². The molecule has 2 rings (SSSR count). The summed E-state index contributed by atoms with van der Waals surface area (Å²) in [7, 11) is 1.22. The third kappa shape index (κ3) is 1.85. The van der Waals surface area contributed by atoms with E-state index in [0.29, 0.717) is 11.6 Å². The Morgan fingerprint density at radius 2 is 2.44 bits per heavy atom. The highest BCUT2D eigenvalue weighted by Crippen LogP contribution is 2.27. The first-order chi connectivity index (χ1) is 7.70. The van der Waals surface area contributed by atoms with Crippen LogP contribution >= 0.6 is 0 Å². The first-order valence-electron chi connectivity index (χ1n) is 4.44. The Morgan fingerprint density at radius 3 is 3.19 bits per heavy atom. The molecule has 1 N–H and O–H groups in total. The van der Waals surface area contributed by atoms with Gasteiger partial charge < -0.3 is 14.8 Å². The zero-order valence-electron chi connectivity index (χ0n) is 8.39. The zero-order valence-corrected chi connectivity index (χ0v) is 8.39. The molecule has 1 aromatic heterocycles. The standard InChI is InChI=1S/C10H8N2O4/c1-15-8(13)5-6-10(14)16-7-3-2-4-11-9(7)12-6/h2-5H,1H3,(H,11,12)/b6-5+. The fraction of sp³-hybridized carbons (Fsp3) is 0.100. The van der Waals surface area contributed by atoms with Crippen LogP contribution in [-0.2, 0) is 14.3 Å². The molecule has 0 radical (unpaired) electrons. The zero-order chi connectivity index (χ0) is 11.5. The van der Waals surface area contributed by atoms with Crippen LogP contribution in [0.15, 0.2) is 30.1 Å². The Labute approximate surface area is 90.9 Å². The SMILES string of the molecule is COC(=O)/C=C1/Nc2ncccc2OC1=O. The molecule has 6 nitrogen and oxygen atoms in total. The van der Waals surface area contributed by atoms with E-state index in [0.717, 1.165) is 6.08 Å². The number of aromatic nitrogens is 1. The lowest BCUT2D eigenvalue weighted by molar-refractivity contribution is -0.136. The number of esters is 2. The topological polar surface area (TPSA) is 77.5 Å². The summed E-state index contributed by atoms with van der Waals surface area (Å²) in [5, 5.41) is 2.69. The molecule has 0 saturated heterocycles. The summed E-state index contributed by atoms with van der Waals surface area (Å²) in [6.45, 7) is 0. The van der Waals surface area contributed by atoms with Crippen LogP contribution in [0, 0.1) is 0 Å². The highest BCUT2D eigenvalue weighted by molar-refractivity contribution is 6.01. The minimum Gasteiger partial charge on any atom is -0.466 e. The highest BCUT2D eigenvalue weighted by Gasteiger charge is 2.23. The molecular formula is C10H8N2O4. The molecule has 0 aliphatic carbocycles. The van der Waals surface area contributed by atoms with Gasteiger partial charge in [0.1, 0.15) is 5.70 Å². The minimum absolute atomic E-state index is 0.00181. The number of nitrogens with zero attached hydrogens (tertiary/aromatic N) is 1. The van der Waals surface area contributed by atoms with Crippen molar-refractivity contribution in [2.24, 2.45) is 0 Å². The van der Waals surface area contributed by atoms with Crippen LogP contribution in [0.25, 0.3) is 0 Å². The van der Waals surface area contributed by atoms with Crippen molar-refractivity contribution in [1.29, 1.82) is 0 Å². The average Bonchev–Trinajstić information content (AvgIpc) is 2.30. The van der Waals surface area contributed by atoms with Crippen LogP contribution < -0.4 is 10.1 Å². The first-order valence-corrected chi connectivity index (χ1v) is 4.44. The lowest BCUT2D eigenvalue weighted by atomic mass is 10.3. The first kappa shape index (κ1) is 10.2. The van der Waals surface area contributed by atoms with Crippen molar-refractivity contribution in [3.8, 4) is 5.75 Å². The Morgan fingerprint density at radius 1 is 1.62 bits per heavy atom. The van der Waals surface area contributed by atoms with Gasteiger partial charge in [0.2, 0.25) is 0 Å². The number of nitrogens with one attached hydrogen (secondary N) is 1. The Kier molecular flexibility index (Phi) is 2.55. The number of hydrogen-bond donors (Lipinski definition) is 1. The van der Waals surface area contributed by atoms with Gasteiger partial charge in [0.25, 0.3) is 0 Å². The van der Waals surface area contributed by atoms with Gasteiger partial charge in [0.05, 0.1) is 13.2 Å². The second kappa shape index (κ2) is 4.01. The maximum atomic E-state index is 11.4. The summed E-state index contributed by atoms with van der Waals surface area (Å²) in [6, 6.07) is 3.24. The molecule has 1 aromatic rings. The third-order valence-corrected chi connectivity index (χ3v) is 1.91. The van der Waals surface area contributed by atoms with Crippen molar-refractivity contribution in [1.82, 2.24) is 4.98 Å². The molecule has 0 fully saturated rings. The summed E-state index contributed by atoms with van der Waals surface area (Å²) in [4.78, 5) is 26.3. The van der Waals surface area contributed by atoms with Crippen molar-refractivity contribution >= 4 is 17.8 Å². The van der Waals surface area contributed by atoms with Crippen LogP contribution in [0.1, 0.15) is 0 Å². The molecule has 1 aliphatic rings. The summed E-state index contributed by atoms with van der Waals surface area (Å²) in [5.41, 5.74) is -0.00181. The average molecular weight is 220 g/mol. The normalized spacial score (nSPS) is 16.1. The number of anilines is 1. The van der Waals surface area contributed by atoms with Crippen LogP contribution in [0.3, 0.4) is 0 Å². The maximum absolute atomic E-state index is 11.4. The fourth-order valence-corrected chi connectivity index (χ4v) is 1.17. The summed E-state index contributed by atoms with van der Waals surface area (Å²) >= 11 is 0. The van der Waals surface area contributed by atoms with Crippen LogP contribution in [0.5, 0.6) is 5.75 Å². The molecule has 6 heteroatoms. The molecule has 0 saturated carbocycles. The molecular weight excluding hydrogens is 212 g/mol. The smallest absolute Gasteiger partial charge is 0.360 e. The van der Waals surface area contributed by atoms with Crippen molar-refractivity contribution < 1.29 is 19.1 Å². The number of carbonyl (C=O) groups excluding carboxylic acids is 2. The third-order valence-electron chi connectivity index (χ3n) is 1.91. The summed E-state index contributed by atoms with van der Waals surface area (Å²) in [5.74, 6) is -0.573. The molecule has 0 aromatic carbocycles. The van der Waals surface area contributed by atoms with Gasteiger partial charge in [0.15, 0.2) is 11.6 Å². The van der Waals surface area contributed by atoms with E-state index in [4.69, 9.17) is 4.74 Å². The monoisotopic (exact) mass is 220 g/mol. The Bertz CT molecular complexity index is 481. The number of fused-ring (bicyclic) bond motifs is 1. The van der Waals surface area contributed by atoms with Gasteiger partial charge in [-0.2, -0.15) is 0 Å². The van der Waals surface area contributed by atoms with E-state index in [1.54, 1.807) is 18.3 Å². The molecule has 2 heterocycles. The number of hydrogen-bond acceptors (Lipinski definition) is 6. The number of pyridine rings is 1. The second-order valence-corrected chi connectivity index (χ2v) is 2.95. The van der Waals surface area contributed by atoms with E-state index in [2.05, 4.69) is 15.0 Å². The minimum atomic E-state index is -0.647. The highest BCUT2D eigenvalue weighted by atomic mass is 16.5. The number of methoxy groups -OCH3 is 1. The van der Waals surface area contributed by atoms with Crippen molar-refractivity contribution in [3.63, 3.8) is 0 Å². The van der Waals surface area contributed by atoms with Gasteiger partial charge in [-0.05, 0) is 12.1 Å². The van der Waals surface area contributed by atoms with E-state index in [1.165, 1.54) is 7.11 Å². The lowest BCUT2D eigenvalue weighted by Gasteiger charge is -2.17. The van der Waals surface area contributed by atoms with Crippen LogP contribution in [0.4, 0.5) is 5.82 Å². The van der Waals surface area contributed by atoms with Gasteiger partial charge >= 0.3 is 11.9 Å². The maximum Gasteiger partial charge on any atom is 0.360 e. The van der Waals surface area contributed by atoms with E-state index in [-0.39, 0.29) is 5.70 Å². The van der Waals surface area contributed by atoms with Gasteiger partial charge in [-0.1, -0.05) is 0 Å². The largest absolute Gasteiger partial charge is 0.466 e. The van der Waals surface area contributed by atoms with E-state index in [1.807, 2.05) is 0 Å². The molecule has 82 valence electrons.